The van der Waals surface area contributed by atoms with Crippen LogP contribution >= 0.6 is 11.3 Å². The Labute approximate surface area is 121 Å². The Balaban J connectivity index is 2.05. The molecule has 0 spiro atoms. The molecule has 0 radical (unpaired) electrons. The van der Waals surface area contributed by atoms with E-state index in [0.29, 0.717) is 12.0 Å². The molecule has 1 atom stereocenters. The molecule has 0 aliphatic rings. The summed E-state index contributed by atoms with van der Waals surface area (Å²) >= 11 is 1.51. The van der Waals surface area contributed by atoms with Crippen LogP contribution in [-0.4, -0.2) is 11.5 Å². The number of hydrogen-bond acceptors (Lipinski definition) is 3. The summed E-state index contributed by atoms with van der Waals surface area (Å²) in [6.07, 6.45) is 1.47. The fraction of sp³-hybridized carbons (Fsp3) is 0.400. The van der Waals surface area contributed by atoms with Crippen molar-refractivity contribution in [1.29, 1.82) is 0 Å². The SMILES string of the molecule is CCCNC(C)c1csc(Cc2ccc(F)cc2F)n1. The first-order valence-corrected chi connectivity index (χ1v) is 7.59. The van der Waals surface area contributed by atoms with Crippen molar-refractivity contribution >= 4 is 11.3 Å². The molecule has 1 aromatic carbocycles. The lowest BCUT2D eigenvalue weighted by Crippen LogP contribution is -2.19. The van der Waals surface area contributed by atoms with Gasteiger partial charge in [0.2, 0.25) is 0 Å². The Morgan fingerprint density at radius 1 is 1.35 bits per heavy atom. The molecule has 108 valence electrons. The van der Waals surface area contributed by atoms with E-state index in [1.54, 1.807) is 0 Å². The lowest BCUT2D eigenvalue weighted by molar-refractivity contribution is 0.559. The van der Waals surface area contributed by atoms with Crippen molar-refractivity contribution in [2.24, 2.45) is 0 Å². The highest BCUT2D eigenvalue weighted by molar-refractivity contribution is 7.09. The third kappa shape index (κ3) is 3.84. The average Bonchev–Trinajstić information content (AvgIpc) is 2.88. The fourth-order valence-corrected chi connectivity index (χ4v) is 2.81. The maximum atomic E-state index is 13.6. The molecule has 0 aliphatic heterocycles. The Morgan fingerprint density at radius 2 is 2.15 bits per heavy atom. The van der Waals surface area contributed by atoms with Crippen LogP contribution in [0.3, 0.4) is 0 Å². The molecular formula is C15H18F2N2S. The Bertz CT molecular complexity index is 569. The van der Waals surface area contributed by atoms with Gasteiger partial charge in [-0.25, -0.2) is 13.8 Å². The van der Waals surface area contributed by atoms with E-state index in [0.717, 1.165) is 29.7 Å². The van der Waals surface area contributed by atoms with E-state index in [1.165, 1.54) is 23.5 Å². The highest BCUT2D eigenvalue weighted by atomic mass is 32.1. The van der Waals surface area contributed by atoms with Gasteiger partial charge in [-0.15, -0.1) is 11.3 Å². The molecule has 1 heterocycles. The number of hydrogen-bond donors (Lipinski definition) is 1. The van der Waals surface area contributed by atoms with Crippen LogP contribution in [-0.2, 0) is 6.42 Å². The first kappa shape index (κ1) is 15.1. The van der Waals surface area contributed by atoms with Crippen molar-refractivity contribution in [3.63, 3.8) is 0 Å². The summed E-state index contributed by atoms with van der Waals surface area (Å²) in [4.78, 5) is 4.52. The lowest BCUT2D eigenvalue weighted by Gasteiger charge is -2.09. The second-order valence-electron chi connectivity index (χ2n) is 4.75. The van der Waals surface area contributed by atoms with Gasteiger partial charge < -0.3 is 5.32 Å². The summed E-state index contributed by atoms with van der Waals surface area (Å²) < 4.78 is 26.4. The number of thiazole rings is 1. The average molecular weight is 296 g/mol. The predicted molar refractivity (Wildman–Crippen MR) is 78.0 cm³/mol. The molecule has 0 saturated heterocycles. The summed E-state index contributed by atoms with van der Waals surface area (Å²) in [5, 5.41) is 6.20. The zero-order chi connectivity index (χ0) is 14.5. The summed E-state index contributed by atoms with van der Waals surface area (Å²) in [7, 11) is 0. The number of aromatic nitrogens is 1. The summed E-state index contributed by atoms with van der Waals surface area (Å²) in [5.41, 5.74) is 1.45. The summed E-state index contributed by atoms with van der Waals surface area (Å²) in [6, 6.07) is 3.86. The smallest absolute Gasteiger partial charge is 0.129 e. The minimum absolute atomic E-state index is 0.193. The Kier molecular flexibility index (Phi) is 5.20. The molecule has 1 N–H and O–H groups in total. The Hall–Kier alpha value is -1.33. The van der Waals surface area contributed by atoms with Crippen LogP contribution in [0, 0.1) is 11.6 Å². The molecule has 0 amide bonds. The van der Waals surface area contributed by atoms with Gasteiger partial charge in [0.1, 0.15) is 11.6 Å². The van der Waals surface area contributed by atoms with Gasteiger partial charge in [-0.05, 0) is 31.5 Å². The number of benzene rings is 1. The molecule has 20 heavy (non-hydrogen) atoms. The van der Waals surface area contributed by atoms with E-state index in [-0.39, 0.29) is 6.04 Å². The molecular weight excluding hydrogens is 278 g/mol. The zero-order valence-electron chi connectivity index (χ0n) is 11.6. The maximum Gasteiger partial charge on any atom is 0.129 e. The van der Waals surface area contributed by atoms with Gasteiger partial charge in [0.05, 0.1) is 10.7 Å². The number of nitrogens with one attached hydrogen (secondary N) is 1. The quantitative estimate of drug-likeness (QED) is 0.869. The molecule has 0 fully saturated rings. The predicted octanol–water partition coefficient (Wildman–Crippen LogP) is 4.07. The van der Waals surface area contributed by atoms with E-state index in [4.69, 9.17) is 0 Å². The highest BCUT2D eigenvalue weighted by Gasteiger charge is 2.11. The van der Waals surface area contributed by atoms with E-state index in [1.807, 2.05) is 5.38 Å². The number of nitrogens with zero attached hydrogens (tertiary/aromatic N) is 1. The van der Waals surface area contributed by atoms with Crippen LogP contribution in [0.15, 0.2) is 23.6 Å². The van der Waals surface area contributed by atoms with Gasteiger partial charge in [-0.2, -0.15) is 0 Å². The number of rotatable bonds is 6. The third-order valence-electron chi connectivity index (χ3n) is 3.07. The van der Waals surface area contributed by atoms with Crippen molar-refractivity contribution < 1.29 is 8.78 Å². The van der Waals surface area contributed by atoms with Gasteiger partial charge in [-0.3, -0.25) is 0 Å². The molecule has 5 heteroatoms. The van der Waals surface area contributed by atoms with E-state index < -0.39 is 11.6 Å². The monoisotopic (exact) mass is 296 g/mol. The summed E-state index contributed by atoms with van der Waals surface area (Å²) in [6.45, 7) is 5.12. The topological polar surface area (TPSA) is 24.9 Å². The molecule has 1 unspecified atom stereocenters. The first-order chi connectivity index (χ1) is 9.60. The third-order valence-corrected chi connectivity index (χ3v) is 3.94. The van der Waals surface area contributed by atoms with Crippen LogP contribution in [0.5, 0.6) is 0 Å². The second-order valence-corrected chi connectivity index (χ2v) is 5.70. The Morgan fingerprint density at radius 3 is 2.85 bits per heavy atom. The van der Waals surface area contributed by atoms with Crippen molar-refractivity contribution in [3.8, 4) is 0 Å². The van der Waals surface area contributed by atoms with Crippen LogP contribution in [0.1, 0.15) is 42.6 Å². The fourth-order valence-electron chi connectivity index (χ4n) is 1.90. The largest absolute Gasteiger partial charge is 0.309 e. The van der Waals surface area contributed by atoms with E-state index in [2.05, 4.69) is 24.1 Å². The molecule has 2 aromatic rings. The van der Waals surface area contributed by atoms with Crippen molar-refractivity contribution in [2.75, 3.05) is 6.54 Å². The van der Waals surface area contributed by atoms with Crippen LogP contribution in [0.25, 0.3) is 0 Å². The van der Waals surface area contributed by atoms with Crippen molar-refractivity contribution in [3.05, 3.63) is 51.5 Å². The zero-order valence-corrected chi connectivity index (χ0v) is 12.4. The standard InChI is InChI=1S/C15H18F2N2S/c1-3-6-18-10(2)14-9-20-15(19-14)7-11-4-5-12(16)8-13(11)17/h4-5,8-10,18H,3,6-7H2,1-2H3. The van der Waals surface area contributed by atoms with Gasteiger partial charge in [-0.1, -0.05) is 13.0 Å². The van der Waals surface area contributed by atoms with Gasteiger partial charge in [0.25, 0.3) is 0 Å². The molecule has 2 nitrogen and oxygen atoms in total. The molecule has 0 saturated carbocycles. The van der Waals surface area contributed by atoms with Crippen LogP contribution < -0.4 is 5.32 Å². The van der Waals surface area contributed by atoms with Crippen molar-refractivity contribution in [2.45, 2.75) is 32.7 Å². The second kappa shape index (κ2) is 6.90. The van der Waals surface area contributed by atoms with E-state index in [9.17, 15) is 8.78 Å². The lowest BCUT2D eigenvalue weighted by atomic mass is 10.1. The minimum atomic E-state index is -0.552. The maximum absolute atomic E-state index is 13.6. The van der Waals surface area contributed by atoms with Crippen LogP contribution in [0.2, 0.25) is 0 Å². The van der Waals surface area contributed by atoms with E-state index >= 15 is 0 Å². The van der Waals surface area contributed by atoms with Gasteiger partial charge in [0, 0.05) is 23.9 Å². The first-order valence-electron chi connectivity index (χ1n) is 6.71. The highest BCUT2D eigenvalue weighted by Crippen LogP contribution is 2.21. The molecule has 1 aromatic heterocycles. The number of halogens is 2. The molecule has 0 bridgehead atoms. The summed E-state index contributed by atoms with van der Waals surface area (Å²) in [5.74, 6) is -1.07. The van der Waals surface area contributed by atoms with Crippen LogP contribution in [0.4, 0.5) is 8.78 Å². The molecule has 0 aliphatic carbocycles. The van der Waals surface area contributed by atoms with Gasteiger partial charge >= 0.3 is 0 Å². The van der Waals surface area contributed by atoms with Gasteiger partial charge in [0.15, 0.2) is 0 Å². The normalized spacial score (nSPS) is 12.6. The minimum Gasteiger partial charge on any atom is -0.309 e. The molecule has 2 rings (SSSR count). The van der Waals surface area contributed by atoms with Crippen molar-refractivity contribution in [1.82, 2.24) is 10.3 Å².